The Bertz CT molecular complexity index is 245. The molecule has 0 amide bonds. The number of carboxylic acid groups (broad SMARTS) is 1. The van der Waals surface area contributed by atoms with E-state index in [-0.39, 0.29) is 12.1 Å². The van der Waals surface area contributed by atoms with Crippen molar-refractivity contribution in [3.63, 3.8) is 0 Å². The van der Waals surface area contributed by atoms with Crippen LogP contribution >= 0.6 is 0 Å². The normalized spacial score (nSPS) is 29.3. The van der Waals surface area contributed by atoms with Gasteiger partial charge < -0.3 is 9.84 Å². The molecule has 0 saturated carbocycles. The highest BCUT2D eigenvalue weighted by Gasteiger charge is 2.40. The van der Waals surface area contributed by atoms with Crippen LogP contribution in [-0.4, -0.2) is 17.2 Å². The van der Waals surface area contributed by atoms with Crippen LogP contribution in [0.1, 0.15) is 47.5 Å². The molecule has 3 heteroatoms. The topological polar surface area (TPSA) is 46.5 Å². The molecule has 1 aliphatic rings. The van der Waals surface area contributed by atoms with E-state index in [1.165, 1.54) is 12.0 Å². The lowest BCUT2D eigenvalue weighted by Crippen LogP contribution is -2.31. The summed E-state index contributed by atoms with van der Waals surface area (Å²) in [7, 11) is 0. The molecule has 3 nitrogen and oxygen atoms in total. The third-order valence-electron chi connectivity index (χ3n) is 3.31. The molecule has 15 heavy (non-hydrogen) atoms. The van der Waals surface area contributed by atoms with Gasteiger partial charge >= 0.3 is 0 Å². The largest absolute Gasteiger partial charge is 0.492 e. The van der Waals surface area contributed by atoms with Crippen LogP contribution in [0.25, 0.3) is 0 Å². The number of hydrogen-bond acceptors (Lipinski definition) is 2. The Hall–Kier alpha value is -0.990. The molecule has 0 aromatic rings. The average Bonchev–Trinajstić information content (AvgIpc) is 2.40. The van der Waals surface area contributed by atoms with Crippen molar-refractivity contribution in [2.45, 2.75) is 53.1 Å². The third-order valence-corrected chi connectivity index (χ3v) is 3.31. The van der Waals surface area contributed by atoms with Crippen LogP contribution in [-0.2, 0) is 9.53 Å². The highest BCUT2D eigenvalue weighted by atomic mass is 16.5. The van der Waals surface area contributed by atoms with Crippen molar-refractivity contribution in [2.24, 2.45) is 5.92 Å². The van der Waals surface area contributed by atoms with E-state index in [0.717, 1.165) is 12.2 Å². The summed E-state index contributed by atoms with van der Waals surface area (Å²) in [6.07, 6.45) is 2.29. The first-order valence-corrected chi connectivity index (χ1v) is 5.41. The standard InChI is InChI=1S/C11H20O.CH2O2/c1-6-10-8(3)9(4)12-11(10,5)7-2;2-1-3/h10H,6-7H2,1-5H3;1H,(H,2,3). The minimum Gasteiger partial charge on any atom is -0.492 e. The Morgan fingerprint density at radius 3 is 2.20 bits per heavy atom. The number of allylic oxidation sites excluding steroid dienone is 1. The molecule has 0 aromatic carbocycles. The monoisotopic (exact) mass is 214 g/mol. The lowest BCUT2D eigenvalue weighted by atomic mass is 9.82. The average molecular weight is 214 g/mol. The fourth-order valence-corrected chi connectivity index (χ4v) is 2.26. The molecule has 0 saturated heterocycles. The number of hydrogen-bond donors (Lipinski definition) is 1. The molecule has 0 fully saturated rings. The summed E-state index contributed by atoms with van der Waals surface area (Å²) in [4.78, 5) is 8.36. The predicted octanol–water partition coefficient (Wildman–Crippen LogP) is 3.21. The van der Waals surface area contributed by atoms with E-state index in [0.29, 0.717) is 5.92 Å². The van der Waals surface area contributed by atoms with Crippen LogP contribution in [0.4, 0.5) is 0 Å². The van der Waals surface area contributed by atoms with Crippen LogP contribution in [0.3, 0.4) is 0 Å². The first kappa shape index (κ1) is 14.0. The first-order chi connectivity index (χ1) is 6.96. The summed E-state index contributed by atoms with van der Waals surface area (Å²) < 4.78 is 5.89. The van der Waals surface area contributed by atoms with E-state index in [1.807, 2.05) is 0 Å². The van der Waals surface area contributed by atoms with Crippen molar-refractivity contribution < 1.29 is 14.6 Å². The molecular formula is C12H22O3. The highest BCUT2D eigenvalue weighted by Crippen LogP contribution is 2.42. The van der Waals surface area contributed by atoms with Crippen molar-refractivity contribution in [3.8, 4) is 0 Å². The second-order valence-corrected chi connectivity index (χ2v) is 4.07. The van der Waals surface area contributed by atoms with E-state index < -0.39 is 0 Å². The van der Waals surface area contributed by atoms with Gasteiger partial charge in [-0.25, -0.2) is 0 Å². The minimum absolute atomic E-state index is 0.0723. The van der Waals surface area contributed by atoms with Gasteiger partial charge in [-0.05, 0) is 39.2 Å². The molecule has 0 aromatic heterocycles. The third kappa shape index (κ3) is 2.98. The zero-order valence-corrected chi connectivity index (χ0v) is 10.3. The van der Waals surface area contributed by atoms with Crippen LogP contribution in [0, 0.1) is 5.92 Å². The maximum absolute atomic E-state index is 8.36. The minimum atomic E-state index is -0.250. The zero-order chi connectivity index (χ0) is 12.1. The molecular weight excluding hydrogens is 192 g/mol. The van der Waals surface area contributed by atoms with E-state index in [2.05, 4.69) is 34.6 Å². The van der Waals surface area contributed by atoms with Gasteiger partial charge in [0.05, 0.1) is 5.76 Å². The van der Waals surface area contributed by atoms with Gasteiger partial charge in [-0.3, -0.25) is 4.79 Å². The number of ether oxygens (including phenoxy) is 1. The summed E-state index contributed by atoms with van der Waals surface area (Å²) in [6, 6.07) is 0. The van der Waals surface area contributed by atoms with Gasteiger partial charge in [0.2, 0.25) is 0 Å². The molecule has 0 radical (unpaired) electrons. The summed E-state index contributed by atoms with van der Waals surface area (Å²) in [5.41, 5.74) is 1.52. The first-order valence-electron chi connectivity index (χ1n) is 5.41. The van der Waals surface area contributed by atoms with Gasteiger partial charge in [0.25, 0.3) is 6.47 Å². The molecule has 2 unspecified atom stereocenters. The van der Waals surface area contributed by atoms with Crippen molar-refractivity contribution in [2.75, 3.05) is 0 Å². The smallest absolute Gasteiger partial charge is 0.290 e. The van der Waals surface area contributed by atoms with Gasteiger partial charge in [0.1, 0.15) is 5.60 Å². The lowest BCUT2D eigenvalue weighted by molar-refractivity contribution is -0.122. The SMILES string of the molecule is CCC1C(C)=C(C)OC1(C)CC.O=CO. The predicted molar refractivity (Wildman–Crippen MR) is 60.6 cm³/mol. The summed E-state index contributed by atoms with van der Waals surface area (Å²) in [5, 5.41) is 6.89. The molecule has 0 bridgehead atoms. The van der Waals surface area contributed by atoms with Gasteiger partial charge in [-0.1, -0.05) is 13.8 Å². The molecule has 88 valence electrons. The Balaban J connectivity index is 0.000000583. The fourth-order valence-electron chi connectivity index (χ4n) is 2.26. The Morgan fingerprint density at radius 1 is 1.47 bits per heavy atom. The maximum atomic E-state index is 8.36. The summed E-state index contributed by atoms with van der Waals surface area (Å²) in [6.45, 7) is 10.7. The Kier molecular flexibility index (Phi) is 5.40. The van der Waals surface area contributed by atoms with Gasteiger partial charge in [-0.15, -0.1) is 0 Å². The summed E-state index contributed by atoms with van der Waals surface area (Å²) >= 11 is 0. The van der Waals surface area contributed by atoms with Gasteiger partial charge in [0, 0.05) is 5.92 Å². The van der Waals surface area contributed by atoms with E-state index in [4.69, 9.17) is 14.6 Å². The molecule has 2 atom stereocenters. The molecule has 1 heterocycles. The lowest BCUT2D eigenvalue weighted by Gasteiger charge is -2.30. The second kappa shape index (κ2) is 5.79. The van der Waals surface area contributed by atoms with Crippen molar-refractivity contribution in [1.82, 2.24) is 0 Å². The van der Waals surface area contributed by atoms with E-state index >= 15 is 0 Å². The van der Waals surface area contributed by atoms with E-state index in [9.17, 15) is 0 Å². The Morgan fingerprint density at radius 2 is 1.93 bits per heavy atom. The number of rotatable bonds is 2. The fraction of sp³-hybridized carbons (Fsp3) is 0.750. The molecule has 0 spiro atoms. The second-order valence-electron chi connectivity index (χ2n) is 4.07. The van der Waals surface area contributed by atoms with Crippen LogP contribution in [0.5, 0.6) is 0 Å². The van der Waals surface area contributed by atoms with E-state index in [1.54, 1.807) is 0 Å². The van der Waals surface area contributed by atoms with Crippen LogP contribution in [0.15, 0.2) is 11.3 Å². The van der Waals surface area contributed by atoms with Gasteiger partial charge in [0.15, 0.2) is 0 Å². The highest BCUT2D eigenvalue weighted by molar-refractivity contribution is 5.32. The number of carbonyl (C=O) groups is 1. The maximum Gasteiger partial charge on any atom is 0.290 e. The summed E-state index contributed by atoms with van der Waals surface area (Å²) in [5.74, 6) is 1.77. The molecule has 0 aliphatic carbocycles. The molecule has 1 aliphatic heterocycles. The van der Waals surface area contributed by atoms with Crippen LogP contribution < -0.4 is 0 Å². The van der Waals surface area contributed by atoms with Crippen molar-refractivity contribution in [3.05, 3.63) is 11.3 Å². The zero-order valence-electron chi connectivity index (χ0n) is 10.3. The van der Waals surface area contributed by atoms with Crippen molar-refractivity contribution in [1.29, 1.82) is 0 Å². The van der Waals surface area contributed by atoms with Crippen molar-refractivity contribution >= 4 is 6.47 Å². The van der Waals surface area contributed by atoms with Gasteiger partial charge in [-0.2, -0.15) is 0 Å². The quantitative estimate of drug-likeness (QED) is 0.718. The molecule has 1 rings (SSSR count). The Labute approximate surface area is 92.1 Å². The van der Waals surface area contributed by atoms with Crippen LogP contribution in [0.2, 0.25) is 0 Å². The molecule has 1 N–H and O–H groups in total.